The van der Waals surface area contributed by atoms with E-state index in [1.807, 2.05) is 30.3 Å². The Bertz CT molecular complexity index is 607. The van der Waals surface area contributed by atoms with Crippen molar-refractivity contribution in [2.45, 2.75) is 19.5 Å². The zero-order chi connectivity index (χ0) is 14.5. The Balaban J connectivity index is 2.14. The second-order valence-corrected chi connectivity index (χ2v) is 4.43. The average Bonchev–Trinajstić information content (AvgIpc) is 2.85. The van der Waals surface area contributed by atoms with E-state index in [0.717, 1.165) is 5.56 Å². The van der Waals surface area contributed by atoms with Gasteiger partial charge in [0.05, 0.1) is 12.7 Å². The molecule has 0 radical (unpaired) electrons. The van der Waals surface area contributed by atoms with E-state index in [1.165, 1.54) is 13.1 Å². The molecule has 2 rings (SSSR count). The first kappa shape index (κ1) is 13.8. The van der Waals surface area contributed by atoms with E-state index >= 15 is 0 Å². The number of aliphatic carboxylic acids is 1. The fourth-order valence-corrected chi connectivity index (χ4v) is 1.88. The van der Waals surface area contributed by atoms with Crippen molar-refractivity contribution < 1.29 is 14.7 Å². The molecule has 1 aromatic heterocycles. The van der Waals surface area contributed by atoms with Gasteiger partial charge in [-0.25, -0.2) is 4.79 Å². The first-order chi connectivity index (χ1) is 9.56. The van der Waals surface area contributed by atoms with Crippen LogP contribution in [0.15, 0.2) is 42.7 Å². The van der Waals surface area contributed by atoms with E-state index < -0.39 is 17.9 Å². The molecule has 104 valence electrons. The molecule has 0 bridgehead atoms. The van der Waals surface area contributed by atoms with Gasteiger partial charge < -0.3 is 10.4 Å². The maximum atomic E-state index is 11.2. The minimum Gasteiger partial charge on any atom is -0.479 e. The third-order valence-corrected chi connectivity index (χ3v) is 2.77. The lowest BCUT2D eigenvalue weighted by Gasteiger charge is -2.10. The molecule has 1 aromatic carbocycles. The van der Waals surface area contributed by atoms with Gasteiger partial charge in [-0.15, -0.1) is 0 Å². The van der Waals surface area contributed by atoms with Gasteiger partial charge in [-0.2, -0.15) is 5.10 Å². The molecule has 1 atom stereocenters. The highest BCUT2D eigenvalue weighted by molar-refractivity contribution is 5.83. The average molecular weight is 273 g/mol. The molecule has 6 heteroatoms. The van der Waals surface area contributed by atoms with Gasteiger partial charge >= 0.3 is 5.97 Å². The Morgan fingerprint density at radius 3 is 2.65 bits per heavy atom. The lowest BCUT2D eigenvalue weighted by Crippen LogP contribution is -2.31. The molecule has 0 saturated heterocycles. The highest BCUT2D eigenvalue weighted by atomic mass is 16.4. The van der Waals surface area contributed by atoms with Gasteiger partial charge in [-0.05, 0) is 5.56 Å². The highest BCUT2D eigenvalue weighted by Crippen LogP contribution is 2.13. The summed E-state index contributed by atoms with van der Waals surface area (Å²) in [6.45, 7) is 1.83. The van der Waals surface area contributed by atoms with Crippen molar-refractivity contribution in [3.63, 3.8) is 0 Å². The third kappa shape index (κ3) is 3.44. The molecule has 0 spiro atoms. The number of hydrogen-bond acceptors (Lipinski definition) is 3. The maximum Gasteiger partial charge on any atom is 0.331 e. The molecule has 0 fully saturated rings. The zero-order valence-electron chi connectivity index (χ0n) is 11.0. The summed E-state index contributed by atoms with van der Waals surface area (Å²) < 4.78 is 1.64. The lowest BCUT2D eigenvalue weighted by molar-refractivity contribution is -0.141. The number of carboxylic acids is 1. The molecule has 2 aromatic rings. The summed E-state index contributed by atoms with van der Waals surface area (Å²) in [4.78, 5) is 22.2. The van der Waals surface area contributed by atoms with E-state index in [0.29, 0.717) is 12.1 Å². The van der Waals surface area contributed by atoms with Gasteiger partial charge in [0.25, 0.3) is 0 Å². The number of nitrogens with one attached hydrogen (secondary N) is 1. The number of aromatic nitrogens is 2. The second kappa shape index (κ2) is 6.01. The van der Waals surface area contributed by atoms with Crippen LogP contribution in [0.3, 0.4) is 0 Å². The van der Waals surface area contributed by atoms with Crippen LogP contribution in [0.25, 0.3) is 0 Å². The van der Waals surface area contributed by atoms with E-state index in [2.05, 4.69) is 10.4 Å². The molecule has 6 nitrogen and oxygen atoms in total. The Morgan fingerprint density at radius 1 is 1.35 bits per heavy atom. The summed E-state index contributed by atoms with van der Waals surface area (Å²) in [7, 11) is 0. The maximum absolute atomic E-state index is 11.2. The molecule has 0 aliphatic rings. The summed E-state index contributed by atoms with van der Waals surface area (Å²) in [6, 6.07) is 8.63. The molecular weight excluding hydrogens is 258 g/mol. The normalized spacial score (nSPS) is 11.8. The van der Waals surface area contributed by atoms with Crippen molar-refractivity contribution in [2.24, 2.45) is 0 Å². The Hall–Kier alpha value is -2.63. The van der Waals surface area contributed by atoms with E-state index in [4.69, 9.17) is 5.11 Å². The minimum absolute atomic E-state index is 0.395. The topological polar surface area (TPSA) is 84.2 Å². The van der Waals surface area contributed by atoms with Crippen molar-refractivity contribution in [3.8, 4) is 0 Å². The van der Waals surface area contributed by atoms with Gasteiger partial charge in [0.1, 0.15) is 0 Å². The highest BCUT2D eigenvalue weighted by Gasteiger charge is 2.22. The zero-order valence-corrected chi connectivity index (χ0v) is 11.0. The number of amides is 1. The quantitative estimate of drug-likeness (QED) is 0.857. The van der Waals surface area contributed by atoms with Crippen LogP contribution in [-0.4, -0.2) is 26.8 Å². The lowest BCUT2D eigenvalue weighted by atomic mass is 10.1. The van der Waals surface area contributed by atoms with Gasteiger partial charge in [0, 0.05) is 18.7 Å². The smallest absolute Gasteiger partial charge is 0.331 e. The van der Waals surface area contributed by atoms with Crippen LogP contribution in [0.4, 0.5) is 0 Å². The first-order valence-electron chi connectivity index (χ1n) is 6.12. The van der Waals surface area contributed by atoms with Crippen LogP contribution in [-0.2, 0) is 16.1 Å². The molecule has 0 aliphatic carbocycles. The summed E-state index contributed by atoms with van der Waals surface area (Å²) in [5.41, 5.74) is 1.51. The van der Waals surface area contributed by atoms with Crippen molar-refractivity contribution in [3.05, 3.63) is 53.9 Å². The number of benzene rings is 1. The molecule has 0 aliphatic heterocycles. The first-order valence-corrected chi connectivity index (χ1v) is 6.12. The van der Waals surface area contributed by atoms with E-state index in [-0.39, 0.29) is 0 Å². The largest absolute Gasteiger partial charge is 0.479 e. The van der Waals surface area contributed by atoms with Crippen LogP contribution in [0.2, 0.25) is 0 Å². The fraction of sp³-hybridized carbons (Fsp3) is 0.214. The van der Waals surface area contributed by atoms with Crippen molar-refractivity contribution in [1.29, 1.82) is 0 Å². The fourth-order valence-electron chi connectivity index (χ4n) is 1.88. The van der Waals surface area contributed by atoms with Crippen molar-refractivity contribution >= 4 is 11.9 Å². The predicted octanol–water partition coefficient (Wildman–Crippen LogP) is 1.19. The standard InChI is InChI=1S/C14H15N3O3/c1-10(18)16-13(14(19)20)12-7-15-17(9-12)8-11-5-3-2-4-6-11/h2-7,9,13H,8H2,1H3,(H,16,18)(H,19,20). The molecule has 1 heterocycles. The summed E-state index contributed by atoms with van der Waals surface area (Å²) >= 11 is 0. The SMILES string of the molecule is CC(=O)NC(C(=O)O)c1cnn(Cc2ccccc2)c1. The monoisotopic (exact) mass is 273 g/mol. The summed E-state index contributed by atoms with van der Waals surface area (Å²) in [5.74, 6) is -1.51. The van der Waals surface area contributed by atoms with Gasteiger partial charge in [-0.3, -0.25) is 9.48 Å². The van der Waals surface area contributed by atoms with Crippen LogP contribution in [0, 0.1) is 0 Å². The van der Waals surface area contributed by atoms with Gasteiger partial charge in [0.15, 0.2) is 6.04 Å². The minimum atomic E-state index is -1.11. The van der Waals surface area contributed by atoms with Crippen molar-refractivity contribution in [1.82, 2.24) is 15.1 Å². The Kier molecular flexibility index (Phi) is 4.14. The molecule has 1 unspecified atom stereocenters. The summed E-state index contributed by atoms with van der Waals surface area (Å²) in [6.07, 6.45) is 3.08. The number of carbonyl (C=O) groups excluding carboxylic acids is 1. The van der Waals surface area contributed by atoms with Crippen molar-refractivity contribution in [2.75, 3.05) is 0 Å². The van der Waals surface area contributed by atoms with Crippen LogP contribution in [0.5, 0.6) is 0 Å². The molecule has 1 amide bonds. The van der Waals surface area contributed by atoms with Crippen LogP contribution >= 0.6 is 0 Å². The van der Waals surface area contributed by atoms with E-state index in [9.17, 15) is 9.59 Å². The summed E-state index contributed by atoms with van der Waals surface area (Å²) in [5, 5.41) is 15.6. The number of rotatable bonds is 5. The molecule has 2 N–H and O–H groups in total. The Labute approximate surface area is 116 Å². The molecule has 20 heavy (non-hydrogen) atoms. The van der Waals surface area contributed by atoms with E-state index in [1.54, 1.807) is 10.9 Å². The third-order valence-electron chi connectivity index (χ3n) is 2.77. The number of carboxylic acid groups (broad SMARTS) is 1. The van der Waals surface area contributed by atoms with Crippen LogP contribution < -0.4 is 5.32 Å². The predicted molar refractivity (Wildman–Crippen MR) is 72.0 cm³/mol. The molecule has 0 saturated carbocycles. The van der Waals surface area contributed by atoms with Crippen LogP contribution in [0.1, 0.15) is 24.1 Å². The number of hydrogen-bond donors (Lipinski definition) is 2. The second-order valence-electron chi connectivity index (χ2n) is 4.43. The van der Waals surface area contributed by atoms with Gasteiger partial charge in [-0.1, -0.05) is 30.3 Å². The molecular formula is C14H15N3O3. The number of nitrogens with zero attached hydrogens (tertiary/aromatic N) is 2. The Morgan fingerprint density at radius 2 is 2.05 bits per heavy atom. The van der Waals surface area contributed by atoms with Gasteiger partial charge in [0.2, 0.25) is 5.91 Å². The number of carbonyl (C=O) groups is 2.